The average molecular weight is 358 g/mol. The number of aldehydes is 1. The summed E-state index contributed by atoms with van der Waals surface area (Å²) in [5, 5.41) is 9.99. The van der Waals surface area contributed by atoms with Crippen LogP contribution in [0.2, 0.25) is 0 Å². The summed E-state index contributed by atoms with van der Waals surface area (Å²) in [6, 6.07) is 2.74. The SMILES string of the molecule is Cc1oc2c(C=O)c(O)ccc2c(=O)c1CCC(=O)N1CCN(C)CC1. The van der Waals surface area contributed by atoms with Gasteiger partial charge in [-0.25, -0.2) is 0 Å². The zero-order valence-electron chi connectivity index (χ0n) is 14.9. The zero-order valence-corrected chi connectivity index (χ0v) is 14.9. The van der Waals surface area contributed by atoms with Crippen molar-refractivity contribution >= 4 is 23.2 Å². The Bertz CT molecular complexity index is 910. The number of rotatable bonds is 4. The Morgan fingerprint density at radius 1 is 1.27 bits per heavy atom. The molecule has 0 radical (unpaired) electrons. The maximum Gasteiger partial charge on any atom is 0.222 e. The van der Waals surface area contributed by atoms with Gasteiger partial charge in [0.1, 0.15) is 11.5 Å². The van der Waals surface area contributed by atoms with E-state index >= 15 is 0 Å². The molecule has 1 aliphatic heterocycles. The second kappa shape index (κ2) is 7.29. The molecule has 0 spiro atoms. The molecule has 138 valence electrons. The first kappa shape index (κ1) is 18.1. The van der Waals surface area contributed by atoms with Gasteiger partial charge in [-0.3, -0.25) is 14.4 Å². The maximum absolute atomic E-state index is 12.8. The number of aromatic hydroxyl groups is 1. The molecule has 2 aromatic rings. The van der Waals surface area contributed by atoms with Gasteiger partial charge in [0, 0.05) is 38.2 Å². The minimum Gasteiger partial charge on any atom is -0.507 e. The molecule has 1 aliphatic rings. The lowest BCUT2D eigenvalue weighted by Gasteiger charge is -2.32. The topological polar surface area (TPSA) is 91.1 Å². The first-order valence-electron chi connectivity index (χ1n) is 8.62. The molecule has 0 saturated carbocycles. The van der Waals surface area contributed by atoms with Crippen LogP contribution in [-0.4, -0.2) is 60.3 Å². The molecule has 26 heavy (non-hydrogen) atoms. The predicted octanol–water partition coefficient (Wildman–Crippen LogP) is 1.33. The molecule has 7 nitrogen and oxygen atoms in total. The van der Waals surface area contributed by atoms with Crippen molar-refractivity contribution < 1.29 is 19.1 Å². The summed E-state index contributed by atoms with van der Waals surface area (Å²) < 4.78 is 5.65. The Kier molecular flexibility index (Phi) is 5.08. The van der Waals surface area contributed by atoms with Crippen LogP contribution in [-0.2, 0) is 11.2 Å². The van der Waals surface area contributed by atoms with Gasteiger partial charge in [0.05, 0.1) is 10.9 Å². The first-order chi connectivity index (χ1) is 12.4. The number of nitrogens with zero attached hydrogens (tertiary/aromatic N) is 2. The molecule has 7 heteroatoms. The highest BCUT2D eigenvalue weighted by Gasteiger charge is 2.21. The second-order valence-corrected chi connectivity index (χ2v) is 6.64. The Hall–Kier alpha value is -2.67. The van der Waals surface area contributed by atoms with Crippen molar-refractivity contribution in [3.05, 3.63) is 39.2 Å². The number of aryl methyl sites for hydroxylation is 1. The summed E-state index contributed by atoms with van der Waals surface area (Å²) in [4.78, 5) is 40.4. The number of phenolic OH excluding ortho intramolecular Hbond substituents is 1. The van der Waals surface area contributed by atoms with Gasteiger partial charge < -0.3 is 19.3 Å². The summed E-state index contributed by atoms with van der Waals surface area (Å²) in [5.74, 6) is 0.159. The van der Waals surface area contributed by atoms with Gasteiger partial charge in [0.25, 0.3) is 0 Å². The fraction of sp³-hybridized carbons (Fsp3) is 0.421. The Balaban J connectivity index is 1.84. The van der Waals surface area contributed by atoms with Crippen LogP contribution in [0, 0.1) is 6.92 Å². The van der Waals surface area contributed by atoms with Gasteiger partial charge in [-0.1, -0.05) is 0 Å². The smallest absolute Gasteiger partial charge is 0.222 e. The number of hydrogen-bond donors (Lipinski definition) is 1. The molecule has 1 amide bonds. The van der Waals surface area contributed by atoms with Gasteiger partial charge in [0.2, 0.25) is 5.91 Å². The van der Waals surface area contributed by atoms with E-state index in [0.717, 1.165) is 13.1 Å². The van der Waals surface area contributed by atoms with Crippen molar-refractivity contribution in [1.29, 1.82) is 0 Å². The van der Waals surface area contributed by atoms with Gasteiger partial charge in [-0.2, -0.15) is 0 Å². The number of likely N-dealkylation sites (N-methyl/N-ethyl adjacent to an activating group) is 1. The lowest BCUT2D eigenvalue weighted by atomic mass is 10.0. The lowest BCUT2D eigenvalue weighted by molar-refractivity contribution is -0.132. The Morgan fingerprint density at radius 3 is 2.62 bits per heavy atom. The van der Waals surface area contributed by atoms with Crippen LogP contribution in [0.5, 0.6) is 5.75 Å². The largest absolute Gasteiger partial charge is 0.507 e. The van der Waals surface area contributed by atoms with E-state index < -0.39 is 0 Å². The minimum absolute atomic E-state index is 0.0243. The number of carbonyl (C=O) groups excluding carboxylic acids is 2. The van der Waals surface area contributed by atoms with Gasteiger partial charge in [-0.05, 0) is 32.5 Å². The van der Waals surface area contributed by atoms with E-state index in [1.807, 2.05) is 11.9 Å². The first-order valence-corrected chi connectivity index (χ1v) is 8.62. The summed E-state index contributed by atoms with van der Waals surface area (Å²) >= 11 is 0. The normalized spacial score (nSPS) is 15.4. The van der Waals surface area contributed by atoms with Crippen molar-refractivity contribution in [2.24, 2.45) is 0 Å². The molecule has 0 atom stereocenters. The molecule has 0 bridgehead atoms. The standard InChI is InChI=1S/C19H22N2O5/c1-12-13(4-6-17(24)21-9-7-20(2)8-10-21)18(25)14-3-5-16(23)15(11-22)19(14)26-12/h3,5,11,23H,4,6-10H2,1-2H3. The minimum atomic E-state index is -0.266. The van der Waals surface area contributed by atoms with Crippen LogP contribution in [0.15, 0.2) is 21.3 Å². The summed E-state index contributed by atoms with van der Waals surface area (Å²) in [7, 11) is 2.02. The molecular weight excluding hydrogens is 336 g/mol. The van der Waals surface area contributed by atoms with Crippen LogP contribution in [0.1, 0.15) is 28.1 Å². The zero-order chi connectivity index (χ0) is 18.8. The van der Waals surface area contributed by atoms with Crippen LogP contribution >= 0.6 is 0 Å². The molecule has 0 aliphatic carbocycles. The van der Waals surface area contributed by atoms with E-state index in [2.05, 4.69) is 4.90 Å². The molecule has 1 N–H and O–H groups in total. The number of carbonyl (C=O) groups is 2. The van der Waals surface area contributed by atoms with Crippen LogP contribution in [0.25, 0.3) is 11.0 Å². The number of amides is 1. The molecule has 2 heterocycles. The van der Waals surface area contributed by atoms with Crippen molar-refractivity contribution in [2.45, 2.75) is 19.8 Å². The maximum atomic E-state index is 12.8. The second-order valence-electron chi connectivity index (χ2n) is 6.64. The van der Waals surface area contributed by atoms with Crippen molar-refractivity contribution in [2.75, 3.05) is 33.2 Å². The molecule has 3 rings (SSSR count). The molecule has 1 fully saturated rings. The number of benzene rings is 1. The monoisotopic (exact) mass is 358 g/mol. The van der Waals surface area contributed by atoms with Crippen LogP contribution in [0.3, 0.4) is 0 Å². The Morgan fingerprint density at radius 2 is 1.96 bits per heavy atom. The highest BCUT2D eigenvalue weighted by atomic mass is 16.3. The van der Waals surface area contributed by atoms with Gasteiger partial charge >= 0.3 is 0 Å². The summed E-state index contributed by atoms with van der Waals surface area (Å²) in [5.41, 5.74) is 0.208. The van der Waals surface area contributed by atoms with Gasteiger partial charge in [0.15, 0.2) is 17.3 Å². The fourth-order valence-electron chi connectivity index (χ4n) is 3.26. The van der Waals surface area contributed by atoms with E-state index in [1.165, 1.54) is 12.1 Å². The highest BCUT2D eigenvalue weighted by Crippen LogP contribution is 2.26. The molecule has 1 aromatic carbocycles. The number of hydrogen-bond acceptors (Lipinski definition) is 6. The van der Waals surface area contributed by atoms with E-state index in [9.17, 15) is 19.5 Å². The quantitative estimate of drug-likeness (QED) is 0.829. The third-order valence-corrected chi connectivity index (χ3v) is 4.93. The third kappa shape index (κ3) is 3.35. The van der Waals surface area contributed by atoms with Crippen molar-refractivity contribution in [3.63, 3.8) is 0 Å². The lowest BCUT2D eigenvalue weighted by Crippen LogP contribution is -2.47. The van der Waals surface area contributed by atoms with E-state index in [0.29, 0.717) is 30.7 Å². The fourth-order valence-corrected chi connectivity index (χ4v) is 3.26. The number of piperazine rings is 1. The molecule has 1 aromatic heterocycles. The van der Waals surface area contributed by atoms with Crippen molar-refractivity contribution in [3.8, 4) is 5.75 Å². The summed E-state index contributed by atoms with van der Waals surface area (Å²) in [6.45, 7) is 4.72. The molecular formula is C19H22N2O5. The average Bonchev–Trinajstić information content (AvgIpc) is 2.61. The molecule has 1 saturated heterocycles. The number of fused-ring (bicyclic) bond motifs is 1. The summed E-state index contributed by atoms with van der Waals surface area (Å²) in [6.07, 6.45) is 0.989. The third-order valence-electron chi connectivity index (χ3n) is 4.93. The number of phenols is 1. The van der Waals surface area contributed by atoms with Crippen molar-refractivity contribution in [1.82, 2.24) is 9.80 Å². The van der Waals surface area contributed by atoms with Crippen LogP contribution < -0.4 is 5.43 Å². The van der Waals surface area contributed by atoms with E-state index in [1.54, 1.807) is 6.92 Å². The molecule has 0 unspecified atom stereocenters. The highest BCUT2D eigenvalue weighted by molar-refractivity contribution is 5.97. The van der Waals surface area contributed by atoms with Gasteiger partial charge in [-0.15, -0.1) is 0 Å². The van der Waals surface area contributed by atoms with Crippen LogP contribution in [0.4, 0.5) is 0 Å². The van der Waals surface area contributed by atoms with E-state index in [-0.39, 0.29) is 46.5 Å². The Labute approximate surface area is 150 Å². The predicted molar refractivity (Wildman–Crippen MR) is 96.7 cm³/mol. The van der Waals surface area contributed by atoms with E-state index in [4.69, 9.17) is 4.42 Å².